The molecule has 5 aromatic rings. The molecule has 4 fully saturated rings. The van der Waals surface area contributed by atoms with Crippen molar-refractivity contribution in [1.29, 1.82) is 0 Å². The van der Waals surface area contributed by atoms with Gasteiger partial charge >= 0.3 is 5.97 Å². The van der Waals surface area contributed by atoms with Gasteiger partial charge in [-0.25, -0.2) is 4.79 Å². The quantitative estimate of drug-likeness (QED) is 0.131. The molecule has 60 heavy (non-hydrogen) atoms. The molecule has 5 aliphatic heterocycles. The van der Waals surface area contributed by atoms with Crippen molar-refractivity contribution in [3.05, 3.63) is 165 Å². The van der Waals surface area contributed by atoms with Crippen molar-refractivity contribution in [1.82, 2.24) is 0 Å². The number of ether oxygens (including phenoxy) is 1. The maximum Gasteiger partial charge on any atom is 0.340 e. The van der Waals surface area contributed by atoms with Crippen LogP contribution in [0.1, 0.15) is 89.5 Å². The van der Waals surface area contributed by atoms with E-state index in [2.05, 4.69) is 129 Å². The molecule has 306 valence electrons. The van der Waals surface area contributed by atoms with Gasteiger partial charge in [-0.2, -0.15) is 0 Å². The number of carbonyl (C=O) groups excluding carboxylic acids is 1. The predicted octanol–water partition coefficient (Wildman–Crippen LogP) is 12.0. The molecule has 10 rings (SSSR count). The van der Waals surface area contributed by atoms with Crippen LogP contribution in [0.25, 0.3) is 11.1 Å². The van der Waals surface area contributed by atoms with E-state index in [1.165, 1.54) is 74.1 Å². The average molecular weight is 836 g/mol. The molecule has 0 unspecified atom stereocenters. The first kappa shape index (κ1) is 39.0. The highest BCUT2D eigenvalue weighted by Gasteiger charge is 2.44. The minimum Gasteiger partial charge on any atom is -0.442 e. The molecular weight excluding hydrogens is 784 g/mol. The number of rotatable bonds is 10. The number of hydrogen-bond acceptors (Lipinski definition) is 6. The third-order valence-corrected chi connectivity index (χ3v) is 14.0. The predicted molar refractivity (Wildman–Crippen MR) is 249 cm³/mol. The van der Waals surface area contributed by atoms with E-state index in [4.69, 9.17) is 27.9 Å². The molecular formula is C52H52Cl2N4O2. The number of halogens is 2. The summed E-state index contributed by atoms with van der Waals surface area (Å²) >= 11 is 13.5. The second kappa shape index (κ2) is 16.7. The van der Waals surface area contributed by atoms with Gasteiger partial charge < -0.3 is 24.3 Å². The summed E-state index contributed by atoms with van der Waals surface area (Å²) in [5.41, 5.74) is 10.7. The van der Waals surface area contributed by atoms with Crippen LogP contribution in [0.4, 0.5) is 22.7 Å². The molecule has 0 amide bonds. The molecule has 5 aliphatic rings. The summed E-state index contributed by atoms with van der Waals surface area (Å²) in [4.78, 5) is 24.0. The Kier molecular flexibility index (Phi) is 10.9. The Morgan fingerprint density at radius 3 is 1.03 bits per heavy atom. The standard InChI is InChI=1S/C52H52Cl2N4O2/c53-49-33-45-48(34-50(49)54)52(60-51(45)59,35-46(37-9-17-41(18-10-37)55-25-1-2-26-55)38-11-19-42(20-12-38)56-27-3-4-28-56)36-47(39-13-21-43(22-14-39)57-29-5-6-30-57)40-15-23-44(24-16-40)58-31-7-8-32-58/h9-24,33-36H,1-8,25-32H2. The molecule has 5 heterocycles. The van der Waals surface area contributed by atoms with E-state index >= 15 is 0 Å². The smallest absolute Gasteiger partial charge is 0.340 e. The highest BCUT2D eigenvalue weighted by atomic mass is 35.5. The zero-order chi connectivity index (χ0) is 40.6. The van der Waals surface area contributed by atoms with Crippen LogP contribution in [0, 0.1) is 0 Å². The number of nitrogens with zero attached hydrogens (tertiary/aromatic N) is 4. The van der Waals surface area contributed by atoms with Crippen LogP contribution in [-0.2, 0) is 10.3 Å². The minimum absolute atomic E-state index is 0.321. The van der Waals surface area contributed by atoms with Gasteiger partial charge in [0.25, 0.3) is 0 Å². The molecule has 0 saturated carbocycles. The molecule has 0 N–H and O–H groups in total. The van der Waals surface area contributed by atoms with Crippen molar-refractivity contribution in [2.45, 2.75) is 57.0 Å². The van der Waals surface area contributed by atoms with E-state index in [0.29, 0.717) is 21.2 Å². The van der Waals surface area contributed by atoms with Crippen molar-refractivity contribution in [2.75, 3.05) is 72.0 Å². The fourth-order valence-electron chi connectivity index (χ4n) is 9.96. The lowest BCUT2D eigenvalue weighted by Crippen LogP contribution is -2.23. The zero-order valence-electron chi connectivity index (χ0n) is 34.2. The Balaban J connectivity index is 1.17. The zero-order valence-corrected chi connectivity index (χ0v) is 35.7. The number of esters is 1. The third kappa shape index (κ3) is 7.69. The molecule has 4 saturated heterocycles. The molecule has 5 aromatic carbocycles. The first-order chi connectivity index (χ1) is 29.4. The van der Waals surface area contributed by atoms with Crippen LogP contribution in [-0.4, -0.2) is 58.3 Å². The molecule has 0 atom stereocenters. The van der Waals surface area contributed by atoms with Crippen LogP contribution >= 0.6 is 23.2 Å². The first-order valence-corrected chi connectivity index (χ1v) is 22.8. The summed E-state index contributed by atoms with van der Waals surface area (Å²) in [7, 11) is 0. The third-order valence-electron chi connectivity index (χ3n) is 13.3. The Labute approximate surface area is 364 Å². The molecule has 8 heteroatoms. The van der Waals surface area contributed by atoms with Crippen LogP contribution < -0.4 is 19.6 Å². The Hall–Kier alpha value is -5.17. The highest BCUT2D eigenvalue weighted by molar-refractivity contribution is 6.42. The number of benzene rings is 5. The van der Waals surface area contributed by atoms with Gasteiger partial charge in [-0.3, -0.25) is 0 Å². The van der Waals surface area contributed by atoms with Gasteiger partial charge in [0.1, 0.15) is 0 Å². The van der Waals surface area contributed by atoms with Crippen LogP contribution in [0.2, 0.25) is 10.0 Å². The van der Waals surface area contributed by atoms with Crippen molar-refractivity contribution in [2.24, 2.45) is 0 Å². The second-order valence-corrected chi connectivity index (χ2v) is 17.9. The van der Waals surface area contributed by atoms with Crippen LogP contribution in [0.5, 0.6) is 0 Å². The van der Waals surface area contributed by atoms with Gasteiger partial charge in [-0.1, -0.05) is 71.7 Å². The minimum atomic E-state index is -1.34. The Morgan fingerprint density at radius 2 is 0.733 bits per heavy atom. The normalized spacial score (nSPS) is 18.3. The topological polar surface area (TPSA) is 39.3 Å². The molecule has 0 spiro atoms. The maximum atomic E-state index is 14.2. The summed E-state index contributed by atoms with van der Waals surface area (Å²) < 4.78 is 6.75. The van der Waals surface area contributed by atoms with E-state index in [-0.39, 0.29) is 0 Å². The van der Waals surface area contributed by atoms with E-state index in [9.17, 15) is 4.79 Å². The van der Waals surface area contributed by atoms with E-state index in [1.807, 2.05) is 6.07 Å². The summed E-state index contributed by atoms with van der Waals surface area (Å²) in [5, 5.41) is 0.694. The monoisotopic (exact) mass is 834 g/mol. The Morgan fingerprint density at radius 1 is 0.450 bits per heavy atom. The molecule has 0 aromatic heterocycles. The molecule has 0 radical (unpaired) electrons. The number of anilines is 4. The van der Waals surface area contributed by atoms with Gasteiger partial charge in [0, 0.05) is 80.7 Å². The van der Waals surface area contributed by atoms with Crippen LogP contribution in [0.3, 0.4) is 0 Å². The van der Waals surface area contributed by atoms with Gasteiger partial charge in [-0.05, 0) is 158 Å². The lowest BCUT2D eigenvalue weighted by molar-refractivity contribution is 0.0299. The van der Waals surface area contributed by atoms with Gasteiger partial charge in [0.05, 0.1) is 15.6 Å². The first-order valence-electron chi connectivity index (χ1n) is 22.0. The Bertz CT molecular complexity index is 2150. The molecule has 6 nitrogen and oxygen atoms in total. The second-order valence-electron chi connectivity index (χ2n) is 17.1. The van der Waals surface area contributed by atoms with E-state index in [1.54, 1.807) is 6.07 Å². The van der Waals surface area contributed by atoms with Crippen LogP contribution in [0.15, 0.2) is 121 Å². The van der Waals surface area contributed by atoms with Crippen molar-refractivity contribution >= 4 is 63.1 Å². The number of carbonyl (C=O) groups is 1. The summed E-state index contributed by atoms with van der Waals surface area (Å²) in [5.74, 6) is -0.433. The lowest BCUT2D eigenvalue weighted by Gasteiger charge is -2.27. The fourth-order valence-corrected chi connectivity index (χ4v) is 10.3. The molecule has 0 bridgehead atoms. The van der Waals surface area contributed by atoms with E-state index in [0.717, 1.165) is 85.8 Å². The van der Waals surface area contributed by atoms with Crippen molar-refractivity contribution in [3.63, 3.8) is 0 Å². The number of cyclic esters (lactones) is 1. The SMILES string of the molecule is O=C1OC(C=C(c2ccc(N3CCCC3)cc2)c2ccc(N3CCCC3)cc2)(C=C(c2ccc(N3CCCC3)cc2)c2ccc(N3CCCC3)cc2)c2cc(Cl)c(Cl)cc21. The average Bonchev–Trinajstić information content (AvgIpc) is 4.15. The molecule has 0 aliphatic carbocycles. The fraction of sp³-hybridized carbons (Fsp3) is 0.327. The lowest BCUT2D eigenvalue weighted by atomic mass is 9.83. The van der Waals surface area contributed by atoms with Gasteiger partial charge in [-0.15, -0.1) is 0 Å². The van der Waals surface area contributed by atoms with Crippen molar-refractivity contribution < 1.29 is 9.53 Å². The number of fused-ring (bicyclic) bond motifs is 1. The van der Waals surface area contributed by atoms with Gasteiger partial charge in [0.2, 0.25) is 0 Å². The maximum absolute atomic E-state index is 14.2. The summed E-state index contributed by atoms with van der Waals surface area (Å²) in [6.07, 6.45) is 14.0. The van der Waals surface area contributed by atoms with Gasteiger partial charge in [0.15, 0.2) is 5.60 Å². The summed E-state index contributed by atoms with van der Waals surface area (Å²) in [6.45, 7) is 8.59. The number of hydrogen-bond donors (Lipinski definition) is 0. The summed E-state index contributed by atoms with van der Waals surface area (Å²) in [6, 6.07) is 39.1. The largest absolute Gasteiger partial charge is 0.442 e. The highest BCUT2D eigenvalue weighted by Crippen LogP contribution is 2.47. The van der Waals surface area contributed by atoms with E-state index < -0.39 is 11.6 Å². The van der Waals surface area contributed by atoms with Crippen molar-refractivity contribution in [3.8, 4) is 0 Å².